The molecule has 1 aromatic heterocycles. The SMILES string of the molecule is CCCCCC(NCCC)c1ccnn1CCC. The molecule has 3 heteroatoms. The van der Waals surface area contributed by atoms with Gasteiger partial charge in [0.2, 0.25) is 0 Å². The summed E-state index contributed by atoms with van der Waals surface area (Å²) in [6, 6.07) is 2.65. The van der Waals surface area contributed by atoms with E-state index in [0.29, 0.717) is 6.04 Å². The van der Waals surface area contributed by atoms with Crippen molar-refractivity contribution >= 4 is 0 Å². The first kappa shape index (κ1) is 15.2. The Morgan fingerprint density at radius 1 is 1.17 bits per heavy atom. The fraction of sp³-hybridized carbons (Fsp3) is 0.800. The molecule has 1 unspecified atom stereocenters. The summed E-state index contributed by atoms with van der Waals surface area (Å²) in [5, 5.41) is 8.11. The molecule has 0 saturated heterocycles. The molecule has 3 nitrogen and oxygen atoms in total. The van der Waals surface area contributed by atoms with Gasteiger partial charge in [-0.05, 0) is 31.9 Å². The topological polar surface area (TPSA) is 29.9 Å². The minimum Gasteiger partial charge on any atom is -0.309 e. The number of aromatic nitrogens is 2. The van der Waals surface area contributed by atoms with E-state index < -0.39 is 0 Å². The second kappa shape index (κ2) is 9.15. The van der Waals surface area contributed by atoms with Crippen molar-refractivity contribution in [1.82, 2.24) is 15.1 Å². The highest BCUT2D eigenvalue weighted by atomic mass is 15.3. The third-order valence-corrected chi connectivity index (χ3v) is 3.28. The molecule has 104 valence electrons. The number of rotatable bonds is 10. The maximum atomic E-state index is 4.44. The third-order valence-electron chi connectivity index (χ3n) is 3.28. The summed E-state index contributed by atoms with van der Waals surface area (Å²) in [6.07, 6.45) is 9.40. The highest BCUT2D eigenvalue weighted by Crippen LogP contribution is 2.20. The van der Waals surface area contributed by atoms with Crippen LogP contribution in [0.1, 0.15) is 71.0 Å². The zero-order valence-corrected chi connectivity index (χ0v) is 12.3. The molecule has 0 saturated carbocycles. The molecule has 1 N–H and O–H groups in total. The van der Waals surface area contributed by atoms with Crippen LogP contribution in [0.5, 0.6) is 0 Å². The van der Waals surface area contributed by atoms with E-state index in [1.807, 2.05) is 6.20 Å². The van der Waals surface area contributed by atoms with Gasteiger partial charge in [0.25, 0.3) is 0 Å². The lowest BCUT2D eigenvalue weighted by molar-refractivity contribution is 0.433. The number of hydrogen-bond acceptors (Lipinski definition) is 2. The molecule has 1 atom stereocenters. The molecule has 1 heterocycles. The summed E-state index contributed by atoms with van der Waals surface area (Å²) in [5.41, 5.74) is 1.36. The van der Waals surface area contributed by atoms with E-state index in [1.54, 1.807) is 0 Å². The molecule has 0 aliphatic carbocycles. The van der Waals surface area contributed by atoms with Crippen molar-refractivity contribution in [2.75, 3.05) is 6.54 Å². The van der Waals surface area contributed by atoms with Crippen LogP contribution in [0.2, 0.25) is 0 Å². The van der Waals surface area contributed by atoms with E-state index in [0.717, 1.165) is 19.5 Å². The largest absolute Gasteiger partial charge is 0.309 e. The minimum atomic E-state index is 0.477. The van der Waals surface area contributed by atoms with Crippen LogP contribution in [0.15, 0.2) is 12.3 Å². The second-order valence-electron chi connectivity index (χ2n) is 4.98. The van der Waals surface area contributed by atoms with E-state index in [4.69, 9.17) is 0 Å². The van der Waals surface area contributed by atoms with Crippen molar-refractivity contribution in [1.29, 1.82) is 0 Å². The average Bonchev–Trinajstić information content (AvgIpc) is 2.82. The predicted octanol–water partition coefficient (Wildman–Crippen LogP) is 3.91. The van der Waals surface area contributed by atoms with E-state index in [1.165, 1.54) is 37.8 Å². The standard InChI is InChI=1S/C15H29N3/c1-4-7-8-9-14(16-11-5-2)15-10-12-17-18(15)13-6-3/h10,12,14,16H,4-9,11,13H2,1-3H3. The van der Waals surface area contributed by atoms with Gasteiger partial charge < -0.3 is 5.32 Å². The Morgan fingerprint density at radius 3 is 2.67 bits per heavy atom. The van der Waals surface area contributed by atoms with Gasteiger partial charge in [0.15, 0.2) is 0 Å². The Hall–Kier alpha value is -0.830. The maximum absolute atomic E-state index is 4.44. The Morgan fingerprint density at radius 2 is 2.00 bits per heavy atom. The first-order valence-corrected chi connectivity index (χ1v) is 7.58. The van der Waals surface area contributed by atoms with E-state index >= 15 is 0 Å². The molecule has 0 bridgehead atoms. The summed E-state index contributed by atoms with van der Waals surface area (Å²) < 4.78 is 2.17. The first-order chi connectivity index (χ1) is 8.83. The highest BCUT2D eigenvalue weighted by molar-refractivity contribution is 5.07. The lowest BCUT2D eigenvalue weighted by Crippen LogP contribution is -2.25. The minimum absolute atomic E-state index is 0.477. The van der Waals surface area contributed by atoms with Gasteiger partial charge in [-0.3, -0.25) is 4.68 Å². The monoisotopic (exact) mass is 251 g/mol. The van der Waals surface area contributed by atoms with Gasteiger partial charge in [-0.25, -0.2) is 0 Å². The van der Waals surface area contributed by atoms with Crippen LogP contribution >= 0.6 is 0 Å². The molecule has 0 spiro atoms. The van der Waals surface area contributed by atoms with Crippen LogP contribution in [0, 0.1) is 0 Å². The molecule has 0 fully saturated rings. The second-order valence-corrected chi connectivity index (χ2v) is 4.98. The molecular weight excluding hydrogens is 222 g/mol. The van der Waals surface area contributed by atoms with Crippen LogP contribution in [0.25, 0.3) is 0 Å². The Labute approximate surface area is 112 Å². The molecule has 1 rings (SSSR count). The van der Waals surface area contributed by atoms with Gasteiger partial charge in [0, 0.05) is 18.8 Å². The fourth-order valence-electron chi connectivity index (χ4n) is 2.31. The van der Waals surface area contributed by atoms with Crippen LogP contribution in [0.4, 0.5) is 0 Å². The number of nitrogens with one attached hydrogen (secondary N) is 1. The molecule has 0 aliphatic rings. The Kier molecular flexibility index (Phi) is 7.74. The number of nitrogens with zero attached hydrogens (tertiary/aromatic N) is 2. The van der Waals surface area contributed by atoms with Crippen LogP contribution in [0.3, 0.4) is 0 Å². The molecule has 0 aliphatic heterocycles. The number of aryl methyl sites for hydroxylation is 1. The maximum Gasteiger partial charge on any atom is 0.0553 e. The fourth-order valence-corrected chi connectivity index (χ4v) is 2.31. The zero-order valence-electron chi connectivity index (χ0n) is 12.3. The van der Waals surface area contributed by atoms with Crippen molar-refractivity contribution in [3.05, 3.63) is 18.0 Å². The molecule has 0 amide bonds. The molecule has 0 radical (unpaired) electrons. The van der Waals surface area contributed by atoms with Crippen LogP contribution < -0.4 is 5.32 Å². The highest BCUT2D eigenvalue weighted by Gasteiger charge is 2.14. The molecule has 18 heavy (non-hydrogen) atoms. The van der Waals surface area contributed by atoms with Gasteiger partial charge in [-0.15, -0.1) is 0 Å². The van der Waals surface area contributed by atoms with Crippen LogP contribution in [-0.2, 0) is 6.54 Å². The average molecular weight is 251 g/mol. The summed E-state index contributed by atoms with van der Waals surface area (Å²) in [5.74, 6) is 0. The summed E-state index contributed by atoms with van der Waals surface area (Å²) >= 11 is 0. The van der Waals surface area contributed by atoms with Gasteiger partial charge in [-0.2, -0.15) is 5.10 Å². The zero-order chi connectivity index (χ0) is 13.2. The predicted molar refractivity (Wildman–Crippen MR) is 77.7 cm³/mol. The van der Waals surface area contributed by atoms with Crippen molar-refractivity contribution < 1.29 is 0 Å². The van der Waals surface area contributed by atoms with Gasteiger partial charge in [-0.1, -0.05) is 40.0 Å². The third kappa shape index (κ3) is 4.81. The quantitative estimate of drug-likeness (QED) is 0.639. The molecule has 1 aromatic rings. The van der Waals surface area contributed by atoms with E-state index in [2.05, 4.69) is 41.9 Å². The summed E-state index contributed by atoms with van der Waals surface area (Å²) in [7, 11) is 0. The lowest BCUT2D eigenvalue weighted by Gasteiger charge is -2.20. The van der Waals surface area contributed by atoms with Crippen molar-refractivity contribution in [2.45, 2.75) is 71.9 Å². The molecular formula is C15H29N3. The van der Waals surface area contributed by atoms with Crippen molar-refractivity contribution in [3.8, 4) is 0 Å². The van der Waals surface area contributed by atoms with Crippen molar-refractivity contribution in [2.24, 2.45) is 0 Å². The molecule has 0 aromatic carbocycles. The normalized spacial score (nSPS) is 12.8. The van der Waals surface area contributed by atoms with Crippen molar-refractivity contribution in [3.63, 3.8) is 0 Å². The van der Waals surface area contributed by atoms with Crippen LogP contribution in [-0.4, -0.2) is 16.3 Å². The number of unbranched alkanes of at least 4 members (excludes halogenated alkanes) is 2. The van der Waals surface area contributed by atoms with Gasteiger partial charge >= 0.3 is 0 Å². The smallest absolute Gasteiger partial charge is 0.0553 e. The summed E-state index contributed by atoms with van der Waals surface area (Å²) in [4.78, 5) is 0. The lowest BCUT2D eigenvalue weighted by atomic mass is 10.1. The van der Waals surface area contributed by atoms with E-state index in [-0.39, 0.29) is 0 Å². The van der Waals surface area contributed by atoms with Gasteiger partial charge in [0.1, 0.15) is 0 Å². The Balaban J connectivity index is 2.63. The first-order valence-electron chi connectivity index (χ1n) is 7.58. The number of hydrogen-bond donors (Lipinski definition) is 1. The Bertz CT molecular complexity index is 306. The van der Waals surface area contributed by atoms with Gasteiger partial charge in [0.05, 0.1) is 5.69 Å². The van der Waals surface area contributed by atoms with E-state index in [9.17, 15) is 0 Å². The summed E-state index contributed by atoms with van der Waals surface area (Å²) in [6.45, 7) is 8.81.